The lowest BCUT2D eigenvalue weighted by Crippen LogP contribution is -2.37. The summed E-state index contributed by atoms with van der Waals surface area (Å²) in [7, 11) is 0. The predicted octanol–water partition coefficient (Wildman–Crippen LogP) is 2.52. The summed E-state index contributed by atoms with van der Waals surface area (Å²) in [5, 5.41) is 13.5. The second kappa shape index (κ2) is 8.03. The van der Waals surface area contributed by atoms with Gasteiger partial charge in [-0.1, -0.05) is 12.1 Å². The molecule has 0 radical (unpaired) electrons. The van der Waals surface area contributed by atoms with E-state index in [2.05, 4.69) is 47.7 Å². The minimum atomic E-state index is -0.277. The number of nitrogens with one attached hydrogen (secondary N) is 1. The maximum atomic E-state index is 10.1. The van der Waals surface area contributed by atoms with E-state index in [0.29, 0.717) is 6.54 Å². The Bertz CT molecular complexity index is 390. The molecule has 0 spiro atoms. The molecular weight excluding hydrogens is 268 g/mol. The molecule has 4 heteroatoms. The molecule has 1 saturated heterocycles. The Kier molecular flexibility index (Phi) is 6.36. The van der Waals surface area contributed by atoms with Gasteiger partial charge in [-0.05, 0) is 56.8 Å². The van der Waals surface area contributed by atoms with Gasteiger partial charge in [-0.3, -0.25) is 0 Å². The van der Waals surface area contributed by atoms with Crippen LogP contribution in [0, 0.1) is 0 Å². The summed E-state index contributed by atoms with van der Waals surface area (Å²) in [6.45, 7) is 5.88. The Labute approximate surface area is 126 Å². The van der Waals surface area contributed by atoms with Gasteiger partial charge >= 0.3 is 0 Å². The molecule has 2 N–H and O–H groups in total. The number of hydrogen-bond donors (Lipinski definition) is 2. The van der Waals surface area contributed by atoms with Crippen LogP contribution in [0.3, 0.4) is 0 Å². The molecule has 3 nitrogen and oxygen atoms in total. The van der Waals surface area contributed by atoms with Crippen molar-refractivity contribution in [1.29, 1.82) is 0 Å². The van der Waals surface area contributed by atoms with Crippen molar-refractivity contribution in [2.75, 3.05) is 32.4 Å². The highest BCUT2D eigenvalue weighted by molar-refractivity contribution is 7.98. The summed E-state index contributed by atoms with van der Waals surface area (Å²) in [4.78, 5) is 3.64. The summed E-state index contributed by atoms with van der Waals surface area (Å²) >= 11 is 1.76. The number of aliphatic hydroxyl groups excluding tert-OH is 1. The number of thioether (sulfide) groups is 1. The van der Waals surface area contributed by atoms with Crippen LogP contribution in [0.1, 0.15) is 31.4 Å². The van der Waals surface area contributed by atoms with E-state index in [9.17, 15) is 5.11 Å². The lowest BCUT2D eigenvalue weighted by molar-refractivity contribution is 0.121. The quantitative estimate of drug-likeness (QED) is 0.758. The molecule has 2 atom stereocenters. The predicted molar refractivity (Wildman–Crippen MR) is 86.3 cm³/mol. The molecule has 1 aromatic rings. The molecule has 1 aliphatic heterocycles. The van der Waals surface area contributed by atoms with Gasteiger partial charge in [0.25, 0.3) is 0 Å². The fourth-order valence-corrected chi connectivity index (χ4v) is 3.06. The maximum absolute atomic E-state index is 10.1. The zero-order valence-corrected chi connectivity index (χ0v) is 13.3. The van der Waals surface area contributed by atoms with Crippen molar-refractivity contribution in [2.45, 2.75) is 36.8 Å². The van der Waals surface area contributed by atoms with E-state index >= 15 is 0 Å². The molecule has 20 heavy (non-hydrogen) atoms. The molecule has 0 saturated carbocycles. The second-order valence-electron chi connectivity index (χ2n) is 5.56. The van der Waals surface area contributed by atoms with Crippen LogP contribution in [0.15, 0.2) is 29.2 Å². The van der Waals surface area contributed by atoms with Crippen molar-refractivity contribution >= 4 is 11.8 Å². The van der Waals surface area contributed by atoms with Crippen LogP contribution in [0.4, 0.5) is 0 Å². The van der Waals surface area contributed by atoms with E-state index < -0.39 is 0 Å². The molecule has 1 aliphatic rings. The molecule has 2 unspecified atom stereocenters. The molecule has 0 bridgehead atoms. The number of hydrogen-bond acceptors (Lipinski definition) is 4. The van der Waals surface area contributed by atoms with Gasteiger partial charge < -0.3 is 15.3 Å². The monoisotopic (exact) mass is 294 g/mol. The highest BCUT2D eigenvalue weighted by atomic mass is 32.2. The molecule has 0 aromatic heterocycles. The van der Waals surface area contributed by atoms with E-state index in [4.69, 9.17) is 0 Å². The number of aliphatic hydroxyl groups is 1. The molecule has 1 heterocycles. The molecule has 1 aromatic carbocycles. The summed E-state index contributed by atoms with van der Waals surface area (Å²) in [5.41, 5.74) is 1.27. The summed E-state index contributed by atoms with van der Waals surface area (Å²) in [6, 6.07) is 8.91. The highest BCUT2D eigenvalue weighted by Gasteiger charge is 2.16. The van der Waals surface area contributed by atoms with Gasteiger partial charge in [0.1, 0.15) is 0 Å². The third-order valence-electron chi connectivity index (χ3n) is 3.94. The van der Waals surface area contributed by atoms with Crippen LogP contribution < -0.4 is 5.32 Å². The van der Waals surface area contributed by atoms with Crippen molar-refractivity contribution in [3.05, 3.63) is 29.8 Å². The first-order valence-corrected chi connectivity index (χ1v) is 8.69. The summed E-state index contributed by atoms with van der Waals surface area (Å²) in [6.07, 6.45) is 4.36. The largest absolute Gasteiger partial charge is 0.390 e. The van der Waals surface area contributed by atoms with Crippen molar-refractivity contribution in [3.8, 4) is 0 Å². The van der Waals surface area contributed by atoms with Gasteiger partial charge in [0.2, 0.25) is 0 Å². The molecule has 0 amide bonds. The average Bonchev–Trinajstić information content (AvgIpc) is 2.97. The molecule has 0 aliphatic carbocycles. The minimum Gasteiger partial charge on any atom is -0.390 e. The fraction of sp³-hybridized carbons (Fsp3) is 0.625. The normalized spacial score (nSPS) is 19.1. The van der Waals surface area contributed by atoms with E-state index in [1.807, 2.05) is 0 Å². The third-order valence-corrected chi connectivity index (χ3v) is 4.69. The fourth-order valence-electron chi connectivity index (χ4n) is 2.65. The third kappa shape index (κ3) is 4.77. The minimum absolute atomic E-state index is 0.277. The van der Waals surface area contributed by atoms with Gasteiger partial charge in [0.15, 0.2) is 0 Å². The van der Waals surface area contributed by atoms with Crippen LogP contribution >= 0.6 is 11.8 Å². The van der Waals surface area contributed by atoms with Crippen LogP contribution in [0.5, 0.6) is 0 Å². The van der Waals surface area contributed by atoms with E-state index in [1.165, 1.54) is 23.3 Å². The molecular formula is C16H26N2OS. The van der Waals surface area contributed by atoms with Gasteiger partial charge in [-0.2, -0.15) is 0 Å². The van der Waals surface area contributed by atoms with Crippen molar-refractivity contribution in [3.63, 3.8) is 0 Å². The van der Waals surface area contributed by atoms with Crippen LogP contribution in [-0.2, 0) is 0 Å². The van der Waals surface area contributed by atoms with Gasteiger partial charge in [-0.25, -0.2) is 0 Å². The lowest BCUT2D eigenvalue weighted by atomic mass is 10.1. The first-order valence-electron chi connectivity index (χ1n) is 7.47. The molecule has 2 rings (SSSR count). The Hall–Kier alpha value is -0.550. The Balaban J connectivity index is 1.74. The van der Waals surface area contributed by atoms with Crippen molar-refractivity contribution < 1.29 is 5.11 Å². The number of rotatable bonds is 7. The van der Waals surface area contributed by atoms with Crippen LogP contribution in [-0.4, -0.2) is 48.5 Å². The van der Waals surface area contributed by atoms with Gasteiger partial charge in [-0.15, -0.1) is 11.8 Å². The van der Waals surface area contributed by atoms with E-state index in [-0.39, 0.29) is 12.1 Å². The average molecular weight is 294 g/mol. The number of benzene rings is 1. The second-order valence-corrected chi connectivity index (χ2v) is 6.44. The van der Waals surface area contributed by atoms with Crippen LogP contribution in [0.2, 0.25) is 0 Å². The van der Waals surface area contributed by atoms with Crippen LogP contribution in [0.25, 0.3) is 0 Å². The molecule has 112 valence electrons. The zero-order valence-electron chi connectivity index (χ0n) is 12.5. The van der Waals surface area contributed by atoms with Gasteiger partial charge in [0.05, 0.1) is 6.10 Å². The molecule has 1 fully saturated rings. The van der Waals surface area contributed by atoms with Gasteiger partial charge in [0, 0.05) is 24.0 Å². The standard InChI is InChI=1S/C16H26N2OS/c1-13(14-5-7-16(20-2)8-6-14)17-11-15(19)12-18-9-3-4-10-18/h5-8,13,15,17,19H,3-4,9-12H2,1-2H3. The smallest absolute Gasteiger partial charge is 0.0791 e. The number of β-amino-alcohol motifs (C(OH)–C–C–N with tert-alkyl or cyclic N) is 1. The lowest BCUT2D eigenvalue weighted by Gasteiger charge is -2.22. The first-order chi connectivity index (χ1) is 9.69. The summed E-state index contributed by atoms with van der Waals surface area (Å²) in [5.74, 6) is 0. The number of likely N-dealkylation sites (tertiary alicyclic amines) is 1. The maximum Gasteiger partial charge on any atom is 0.0791 e. The highest BCUT2D eigenvalue weighted by Crippen LogP contribution is 2.18. The Morgan fingerprint density at radius 1 is 1.25 bits per heavy atom. The van der Waals surface area contributed by atoms with E-state index in [0.717, 1.165) is 19.6 Å². The Morgan fingerprint density at radius 2 is 1.90 bits per heavy atom. The SMILES string of the molecule is CSc1ccc(C(C)NCC(O)CN2CCCC2)cc1. The first kappa shape index (κ1) is 15.8. The van der Waals surface area contributed by atoms with Crippen molar-refractivity contribution in [1.82, 2.24) is 10.2 Å². The Morgan fingerprint density at radius 3 is 2.50 bits per heavy atom. The topological polar surface area (TPSA) is 35.5 Å². The number of nitrogens with zero attached hydrogens (tertiary/aromatic N) is 1. The zero-order chi connectivity index (χ0) is 14.4. The van der Waals surface area contributed by atoms with Crippen molar-refractivity contribution in [2.24, 2.45) is 0 Å². The van der Waals surface area contributed by atoms with E-state index in [1.54, 1.807) is 11.8 Å². The summed E-state index contributed by atoms with van der Waals surface area (Å²) < 4.78 is 0.